The highest BCUT2D eigenvalue weighted by atomic mass is 14.9. The van der Waals surface area contributed by atoms with Crippen molar-refractivity contribution in [2.75, 3.05) is 11.9 Å². The van der Waals surface area contributed by atoms with Crippen LogP contribution < -0.4 is 11.1 Å². The van der Waals surface area contributed by atoms with Crippen LogP contribution in [0.15, 0.2) is 30.3 Å². The van der Waals surface area contributed by atoms with Gasteiger partial charge in [0.25, 0.3) is 0 Å². The third-order valence-corrected chi connectivity index (χ3v) is 3.71. The van der Waals surface area contributed by atoms with Crippen LogP contribution in [0, 0.1) is 5.92 Å². The number of nitrogens with one attached hydrogen (secondary N) is 1. The summed E-state index contributed by atoms with van der Waals surface area (Å²) in [4.78, 5) is 4.56. The number of fused-ring (bicyclic) bond motifs is 1. The van der Waals surface area contributed by atoms with E-state index in [1.165, 1.54) is 18.2 Å². The summed E-state index contributed by atoms with van der Waals surface area (Å²) in [6.07, 6.45) is 2.41. The molecular weight excluding hydrogens is 234 g/mol. The van der Waals surface area contributed by atoms with Gasteiger partial charge in [0.05, 0.1) is 11.2 Å². The average Bonchev–Trinajstić information content (AvgIpc) is 2.47. The van der Waals surface area contributed by atoms with Gasteiger partial charge in [-0.2, -0.15) is 0 Å². The molecule has 2 rings (SSSR count). The molecule has 0 spiro atoms. The van der Waals surface area contributed by atoms with Gasteiger partial charge in [-0.05, 0) is 18.1 Å². The van der Waals surface area contributed by atoms with Gasteiger partial charge in [-0.15, -0.1) is 0 Å². The molecule has 2 aromatic rings. The van der Waals surface area contributed by atoms with Gasteiger partial charge in [0.1, 0.15) is 0 Å². The second-order valence-electron chi connectivity index (χ2n) is 4.95. The van der Waals surface area contributed by atoms with E-state index < -0.39 is 0 Å². The molecule has 0 bridgehead atoms. The van der Waals surface area contributed by atoms with Crippen LogP contribution in [-0.2, 0) is 6.54 Å². The van der Waals surface area contributed by atoms with E-state index in [0.29, 0.717) is 12.5 Å². The first-order chi connectivity index (χ1) is 9.28. The zero-order chi connectivity index (χ0) is 13.7. The number of para-hydroxylation sites is 1. The van der Waals surface area contributed by atoms with Crippen LogP contribution in [0.3, 0.4) is 0 Å². The van der Waals surface area contributed by atoms with Crippen LogP contribution in [0.25, 0.3) is 10.9 Å². The van der Waals surface area contributed by atoms with Crippen molar-refractivity contribution in [3.63, 3.8) is 0 Å². The Labute approximate surface area is 115 Å². The Kier molecular flexibility index (Phi) is 4.74. The lowest BCUT2D eigenvalue weighted by Crippen LogP contribution is -2.13. The first-order valence-electron chi connectivity index (χ1n) is 7.11. The van der Waals surface area contributed by atoms with Crippen LogP contribution in [-0.4, -0.2) is 11.5 Å². The van der Waals surface area contributed by atoms with E-state index in [2.05, 4.69) is 42.3 Å². The first kappa shape index (κ1) is 13.8. The standard InChI is InChI=1S/C16H23N3/c1-3-12(4-2)11-18-16-9-13(10-17)19-15-8-6-5-7-14(15)16/h5-9,12H,3-4,10-11,17H2,1-2H3,(H,18,19). The third-order valence-electron chi connectivity index (χ3n) is 3.71. The molecule has 102 valence electrons. The summed E-state index contributed by atoms with van der Waals surface area (Å²) in [6, 6.07) is 10.3. The van der Waals surface area contributed by atoms with Crippen LogP contribution >= 0.6 is 0 Å². The van der Waals surface area contributed by atoms with Gasteiger partial charge >= 0.3 is 0 Å². The summed E-state index contributed by atoms with van der Waals surface area (Å²) in [5, 5.41) is 4.74. The normalized spacial score (nSPS) is 11.2. The number of hydrogen-bond donors (Lipinski definition) is 2. The maximum absolute atomic E-state index is 5.73. The Morgan fingerprint density at radius 3 is 2.63 bits per heavy atom. The van der Waals surface area contributed by atoms with Crippen LogP contribution in [0.5, 0.6) is 0 Å². The summed E-state index contributed by atoms with van der Waals surface area (Å²) >= 11 is 0. The van der Waals surface area contributed by atoms with Gasteiger partial charge in [0, 0.05) is 24.2 Å². The van der Waals surface area contributed by atoms with Crippen molar-refractivity contribution in [1.82, 2.24) is 4.98 Å². The summed E-state index contributed by atoms with van der Waals surface area (Å²) in [7, 11) is 0. The van der Waals surface area contributed by atoms with Gasteiger partial charge in [-0.3, -0.25) is 4.98 Å². The van der Waals surface area contributed by atoms with Crippen molar-refractivity contribution >= 4 is 16.6 Å². The molecule has 3 heteroatoms. The molecule has 3 nitrogen and oxygen atoms in total. The van der Waals surface area contributed by atoms with E-state index in [9.17, 15) is 0 Å². The average molecular weight is 257 g/mol. The van der Waals surface area contributed by atoms with E-state index in [4.69, 9.17) is 5.73 Å². The first-order valence-corrected chi connectivity index (χ1v) is 7.11. The zero-order valence-corrected chi connectivity index (χ0v) is 11.8. The second kappa shape index (κ2) is 6.53. The molecule has 0 aliphatic rings. The summed E-state index contributed by atoms with van der Waals surface area (Å²) in [5.74, 6) is 0.716. The number of rotatable bonds is 6. The second-order valence-corrected chi connectivity index (χ2v) is 4.95. The van der Waals surface area contributed by atoms with Crippen LogP contribution in [0.4, 0.5) is 5.69 Å². The number of hydrogen-bond acceptors (Lipinski definition) is 3. The molecule has 1 heterocycles. The van der Waals surface area contributed by atoms with E-state index in [0.717, 1.165) is 23.4 Å². The van der Waals surface area contributed by atoms with E-state index >= 15 is 0 Å². The lowest BCUT2D eigenvalue weighted by atomic mass is 10.0. The Bertz CT molecular complexity index is 533. The molecule has 0 aliphatic carbocycles. The minimum atomic E-state index is 0.477. The summed E-state index contributed by atoms with van der Waals surface area (Å²) in [5.41, 5.74) is 8.83. The molecule has 3 N–H and O–H groups in total. The minimum Gasteiger partial charge on any atom is -0.384 e. The monoisotopic (exact) mass is 257 g/mol. The minimum absolute atomic E-state index is 0.477. The molecule has 0 aliphatic heterocycles. The van der Waals surface area contributed by atoms with Crippen LogP contribution in [0.2, 0.25) is 0 Å². The predicted molar refractivity (Wildman–Crippen MR) is 82.2 cm³/mol. The quantitative estimate of drug-likeness (QED) is 0.832. The number of nitrogens with two attached hydrogens (primary N) is 1. The summed E-state index contributed by atoms with van der Waals surface area (Å²) < 4.78 is 0. The zero-order valence-electron chi connectivity index (χ0n) is 11.8. The van der Waals surface area contributed by atoms with Crippen molar-refractivity contribution in [2.45, 2.75) is 33.2 Å². The van der Waals surface area contributed by atoms with Crippen molar-refractivity contribution in [1.29, 1.82) is 0 Å². The fraction of sp³-hybridized carbons (Fsp3) is 0.438. The van der Waals surface area contributed by atoms with Gasteiger partial charge in [-0.25, -0.2) is 0 Å². The Morgan fingerprint density at radius 2 is 1.95 bits per heavy atom. The number of nitrogens with zero attached hydrogens (tertiary/aromatic N) is 1. The number of anilines is 1. The topological polar surface area (TPSA) is 50.9 Å². The number of aromatic nitrogens is 1. The molecular formula is C16H23N3. The maximum Gasteiger partial charge on any atom is 0.0726 e. The third kappa shape index (κ3) is 3.24. The van der Waals surface area contributed by atoms with Crippen LogP contribution in [0.1, 0.15) is 32.4 Å². The van der Waals surface area contributed by atoms with Gasteiger partial charge in [0.2, 0.25) is 0 Å². The molecule has 0 saturated heterocycles. The molecule has 0 unspecified atom stereocenters. The molecule has 0 fully saturated rings. The fourth-order valence-corrected chi connectivity index (χ4v) is 2.31. The van der Waals surface area contributed by atoms with E-state index in [-0.39, 0.29) is 0 Å². The van der Waals surface area contributed by atoms with E-state index in [1.54, 1.807) is 0 Å². The molecule has 0 atom stereocenters. The highest BCUT2D eigenvalue weighted by Gasteiger charge is 2.07. The van der Waals surface area contributed by atoms with Gasteiger partial charge in [-0.1, -0.05) is 44.9 Å². The van der Waals surface area contributed by atoms with Gasteiger partial charge in [0.15, 0.2) is 0 Å². The predicted octanol–water partition coefficient (Wildman–Crippen LogP) is 3.54. The lowest BCUT2D eigenvalue weighted by Gasteiger charge is -2.16. The Balaban J connectivity index is 2.30. The fourth-order valence-electron chi connectivity index (χ4n) is 2.31. The van der Waals surface area contributed by atoms with Crippen molar-refractivity contribution < 1.29 is 0 Å². The highest BCUT2D eigenvalue weighted by molar-refractivity contribution is 5.91. The van der Waals surface area contributed by atoms with E-state index in [1.807, 2.05) is 12.1 Å². The molecule has 0 amide bonds. The SMILES string of the molecule is CCC(CC)CNc1cc(CN)nc2ccccc12. The Hall–Kier alpha value is -1.61. The summed E-state index contributed by atoms with van der Waals surface area (Å²) in [6.45, 7) is 5.97. The molecule has 0 saturated carbocycles. The highest BCUT2D eigenvalue weighted by Crippen LogP contribution is 2.23. The van der Waals surface area contributed by atoms with Gasteiger partial charge < -0.3 is 11.1 Å². The largest absolute Gasteiger partial charge is 0.384 e. The number of pyridine rings is 1. The molecule has 1 aromatic heterocycles. The lowest BCUT2D eigenvalue weighted by molar-refractivity contribution is 0.519. The number of benzene rings is 1. The maximum atomic E-state index is 5.73. The molecule has 0 radical (unpaired) electrons. The van der Waals surface area contributed by atoms with Crippen molar-refractivity contribution in [3.8, 4) is 0 Å². The molecule has 19 heavy (non-hydrogen) atoms. The van der Waals surface area contributed by atoms with Crippen molar-refractivity contribution in [2.24, 2.45) is 11.7 Å². The molecule has 1 aromatic carbocycles. The smallest absolute Gasteiger partial charge is 0.0726 e. The van der Waals surface area contributed by atoms with Crippen molar-refractivity contribution in [3.05, 3.63) is 36.0 Å². The Morgan fingerprint density at radius 1 is 1.21 bits per heavy atom.